The van der Waals surface area contributed by atoms with E-state index in [4.69, 9.17) is 21.4 Å². The lowest BCUT2D eigenvalue weighted by molar-refractivity contribution is -0.139. The Morgan fingerprint density at radius 2 is 2.04 bits per heavy atom. The first-order chi connectivity index (χ1) is 11.1. The van der Waals surface area contributed by atoms with Crippen LogP contribution >= 0.6 is 24.0 Å². The van der Waals surface area contributed by atoms with Crippen molar-refractivity contribution in [1.29, 1.82) is 0 Å². The molecule has 0 amide bonds. The number of likely N-dealkylation sites (N-methyl/N-ethyl adjacent to an activating group) is 1. The molecule has 0 aromatic heterocycles. The largest absolute Gasteiger partial charge is 0.491 e. The van der Waals surface area contributed by atoms with Crippen molar-refractivity contribution in [1.82, 2.24) is 9.80 Å². The highest BCUT2D eigenvalue weighted by atomic mass is 35.5. The summed E-state index contributed by atoms with van der Waals surface area (Å²) in [5.41, 5.74) is 0. The molecule has 1 fully saturated rings. The number of nitrogens with zero attached hydrogens (tertiary/aromatic N) is 2. The van der Waals surface area contributed by atoms with Gasteiger partial charge in [0.2, 0.25) is 0 Å². The molecule has 0 saturated carbocycles. The second-order valence-corrected chi connectivity index (χ2v) is 6.22. The van der Waals surface area contributed by atoms with Crippen LogP contribution in [0.3, 0.4) is 0 Å². The average molecular weight is 377 g/mol. The SMILES string of the molecule is CCN(CC(=O)O)C1CCN(CCOc2ccccc2Cl)CC1.Cl. The minimum absolute atomic E-state index is 0. The summed E-state index contributed by atoms with van der Waals surface area (Å²) >= 11 is 6.07. The minimum atomic E-state index is -0.748. The molecule has 1 saturated heterocycles. The van der Waals surface area contributed by atoms with Crippen LogP contribution in [0.4, 0.5) is 0 Å². The molecule has 24 heavy (non-hydrogen) atoms. The number of carboxylic acids is 1. The number of aliphatic carboxylic acids is 1. The average Bonchev–Trinajstić information content (AvgIpc) is 2.55. The van der Waals surface area contributed by atoms with Crippen molar-refractivity contribution in [3.05, 3.63) is 29.3 Å². The lowest BCUT2D eigenvalue weighted by Gasteiger charge is -2.37. The Labute approximate surface area is 154 Å². The molecule has 136 valence electrons. The van der Waals surface area contributed by atoms with E-state index in [1.807, 2.05) is 31.2 Å². The van der Waals surface area contributed by atoms with Gasteiger partial charge in [-0.05, 0) is 44.6 Å². The fraction of sp³-hybridized carbons (Fsp3) is 0.588. The molecule has 1 aromatic carbocycles. The molecule has 0 atom stereocenters. The van der Waals surface area contributed by atoms with Gasteiger partial charge in [0, 0.05) is 12.6 Å². The maximum Gasteiger partial charge on any atom is 0.317 e. The Hall–Kier alpha value is -1.01. The fourth-order valence-electron chi connectivity index (χ4n) is 3.03. The van der Waals surface area contributed by atoms with Crippen molar-refractivity contribution >= 4 is 30.0 Å². The second kappa shape index (κ2) is 10.8. The number of piperidine rings is 1. The van der Waals surface area contributed by atoms with E-state index in [2.05, 4.69) is 9.80 Å². The van der Waals surface area contributed by atoms with E-state index in [1.54, 1.807) is 0 Å². The van der Waals surface area contributed by atoms with Crippen molar-refractivity contribution in [3.63, 3.8) is 0 Å². The lowest BCUT2D eigenvalue weighted by Crippen LogP contribution is -2.47. The Bertz CT molecular complexity index is 508. The van der Waals surface area contributed by atoms with Crippen molar-refractivity contribution in [2.24, 2.45) is 0 Å². The molecule has 5 nitrogen and oxygen atoms in total. The van der Waals surface area contributed by atoms with Gasteiger partial charge in [0.05, 0.1) is 11.6 Å². The maximum absolute atomic E-state index is 10.9. The van der Waals surface area contributed by atoms with Gasteiger partial charge < -0.3 is 9.84 Å². The first-order valence-corrected chi connectivity index (χ1v) is 8.53. The molecule has 0 bridgehead atoms. The molecule has 1 aliphatic heterocycles. The maximum atomic E-state index is 10.9. The standard InChI is InChI=1S/C17H25ClN2O3.ClH/c1-2-20(13-17(21)22)14-7-9-19(10-8-14)11-12-23-16-6-4-3-5-15(16)18;/h3-6,14H,2,7-13H2,1H3,(H,21,22);1H. The zero-order chi connectivity index (χ0) is 16.7. The summed E-state index contributed by atoms with van der Waals surface area (Å²) in [6, 6.07) is 7.87. The van der Waals surface area contributed by atoms with Gasteiger partial charge in [-0.3, -0.25) is 14.6 Å². The molecule has 0 radical (unpaired) electrons. The van der Waals surface area contributed by atoms with Crippen LogP contribution < -0.4 is 4.74 Å². The summed E-state index contributed by atoms with van der Waals surface area (Å²) in [5.74, 6) is -0.0231. The molecule has 0 spiro atoms. The van der Waals surface area contributed by atoms with Crippen LogP contribution in [0, 0.1) is 0 Å². The van der Waals surface area contributed by atoms with Gasteiger partial charge in [-0.15, -0.1) is 12.4 Å². The van der Waals surface area contributed by atoms with Crippen LogP contribution in [0.25, 0.3) is 0 Å². The normalized spacial score (nSPS) is 16.0. The highest BCUT2D eigenvalue weighted by molar-refractivity contribution is 6.32. The third-order valence-corrected chi connectivity index (χ3v) is 4.63. The summed E-state index contributed by atoms with van der Waals surface area (Å²) in [4.78, 5) is 15.3. The molecule has 1 aliphatic rings. The highest BCUT2D eigenvalue weighted by Gasteiger charge is 2.24. The number of carbonyl (C=O) groups is 1. The molecule has 0 unspecified atom stereocenters. The Kier molecular flexibility index (Phi) is 9.44. The van der Waals surface area contributed by atoms with E-state index in [0.717, 1.165) is 44.8 Å². The summed E-state index contributed by atoms with van der Waals surface area (Å²) in [6.45, 7) is 6.37. The van der Waals surface area contributed by atoms with Crippen LogP contribution in [0.1, 0.15) is 19.8 Å². The summed E-state index contributed by atoms with van der Waals surface area (Å²) in [7, 11) is 0. The molecular weight excluding hydrogens is 351 g/mol. The number of rotatable bonds is 8. The van der Waals surface area contributed by atoms with E-state index in [9.17, 15) is 4.79 Å². The second-order valence-electron chi connectivity index (χ2n) is 5.81. The Morgan fingerprint density at radius 1 is 1.38 bits per heavy atom. The number of para-hydroxylation sites is 1. The predicted octanol–water partition coefficient (Wildman–Crippen LogP) is 3.01. The molecule has 1 aromatic rings. The quantitative estimate of drug-likeness (QED) is 0.755. The van der Waals surface area contributed by atoms with Crippen LogP contribution in [-0.4, -0.2) is 66.2 Å². The van der Waals surface area contributed by atoms with Gasteiger partial charge in [-0.2, -0.15) is 0 Å². The van der Waals surface area contributed by atoms with Gasteiger partial charge in [-0.25, -0.2) is 0 Å². The molecular formula is C17H26Cl2N2O3. The molecule has 1 heterocycles. The lowest BCUT2D eigenvalue weighted by atomic mass is 10.0. The number of hydrogen-bond acceptors (Lipinski definition) is 4. The van der Waals surface area contributed by atoms with E-state index in [0.29, 0.717) is 17.7 Å². The smallest absolute Gasteiger partial charge is 0.317 e. The summed E-state index contributed by atoms with van der Waals surface area (Å²) in [6.07, 6.45) is 2.01. The number of carboxylic acid groups (broad SMARTS) is 1. The van der Waals surface area contributed by atoms with E-state index >= 15 is 0 Å². The molecule has 1 N–H and O–H groups in total. The van der Waals surface area contributed by atoms with Crippen molar-refractivity contribution in [3.8, 4) is 5.75 Å². The van der Waals surface area contributed by atoms with Gasteiger partial charge in [0.25, 0.3) is 0 Å². The Morgan fingerprint density at radius 3 is 2.62 bits per heavy atom. The van der Waals surface area contributed by atoms with E-state index < -0.39 is 5.97 Å². The minimum Gasteiger partial charge on any atom is -0.491 e. The van der Waals surface area contributed by atoms with Gasteiger partial charge in [0.15, 0.2) is 0 Å². The van der Waals surface area contributed by atoms with Gasteiger partial charge in [-0.1, -0.05) is 30.7 Å². The zero-order valence-corrected chi connectivity index (χ0v) is 15.6. The third-order valence-electron chi connectivity index (χ3n) is 4.32. The summed E-state index contributed by atoms with van der Waals surface area (Å²) < 4.78 is 5.73. The number of ether oxygens (including phenoxy) is 1. The van der Waals surface area contributed by atoms with E-state index in [1.165, 1.54) is 0 Å². The van der Waals surface area contributed by atoms with Crippen molar-refractivity contribution in [2.75, 3.05) is 39.3 Å². The first kappa shape index (κ1) is 21.0. The van der Waals surface area contributed by atoms with Gasteiger partial charge >= 0.3 is 5.97 Å². The van der Waals surface area contributed by atoms with Crippen LogP contribution in [0.2, 0.25) is 5.02 Å². The van der Waals surface area contributed by atoms with Crippen LogP contribution in [0.15, 0.2) is 24.3 Å². The number of benzene rings is 1. The molecule has 0 aliphatic carbocycles. The molecule has 2 rings (SSSR count). The topological polar surface area (TPSA) is 53.0 Å². The van der Waals surface area contributed by atoms with Crippen LogP contribution in [0.5, 0.6) is 5.75 Å². The zero-order valence-electron chi connectivity index (χ0n) is 14.0. The number of likely N-dealkylation sites (tertiary alicyclic amines) is 1. The van der Waals surface area contributed by atoms with Crippen LogP contribution in [-0.2, 0) is 4.79 Å². The Balaban J connectivity index is 0.00000288. The fourth-order valence-corrected chi connectivity index (χ4v) is 3.22. The number of halogens is 2. The van der Waals surface area contributed by atoms with Crippen molar-refractivity contribution < 1.29 is 14.6 Å². The summed E-state index contributed by atoms with van der Waals surface area (Å²) in [5, 5.41) is 9.60. The van der Waals surface area contributed by atoms with Crippen molar-refractivity contribution in [2.45, 2.75) is 25.8 Å². The highest BCUT2D eigenvalue weighted by Crippen LogP contribution is 2.23. The molecule has 7 heteroatoms. The monoisotopic (exact) mass is 376 g/mol. The predicted molar refractivity (Wildman–Crippen MR) is 98.5 cm³/mol. The first-order valence-electron chi connectivity index (χ1n) is 8.15. The van der Waals surface area contributed by atoms with E-state index in [-0.39, 0.29) is 19.0 Å². The third kappa shape index (κ3) is 6.48. The van der Waals surface area contributed by atoms with Gasteiger partial charge in [0.1, 0.15) is 12.4 Å². The number of hydrogen-bond donors (Lipinski definition) is 1.